The van der Waals surface area contributed by atoms with Crippen LogP contribution in [-0.4, -0.2) is 23.0 Å². The van der Waals surface area contributed by atoms with Gasteiger partial charge in [0.1, 0.15) is 0 Å². The molecule has 1 saturated carbocycles. The molecule has 0 saturated heterocycles. The van der Waals surface area contributed by atoms with Crippen molar-refractivity contribution in [2.45, 2.75) is 25.8 Å². The minimum Gasteiger partial charge on any atom is -0.298 e. The summed E-state index contributed by atoms with van der Waals surface area (Å²) in [6, 6.07) is 6.32. The van der Waals surface area contributed by atoms with Gasteiger partial charge >= 0.3 is 0 Å². The van der Waals surface area contributed by atoms with Gasteiger partial charge in [0, 0.05) is 38.4 Å². The van der Waals surface area contributed by atoms with E-state index in [9.17, 15) is 0 Å². The van der Waals surface area contributed by atoms with E-state index in [4.69, 9.17) is 5.26 Å². The maximum atomic E-state index is 8.64. The fourth-order valence-corrected chi connectivity index (χ4v) is 1.85. The number of hydrogen-bond acceptors (Lipinski definition) is 3. The van der Waals surface area contributed by atoms with Gasteiger partial charge in [-0.2, -0.15) is 5.26 Å². The van der Waals surface area contributed by atoms with Crippen LogP contribution in [0.25, 0.3) is 0 Å². The van der Waals surface area contributed by atoms with Gasteiger partial charge < -0.3 is 0 Å². The first-order valence-electron chi connectivity index (χ1n) is 5.86. The maximum Gasteiger partial charge on any atom is 0.0635 e. The molecule has 1 aromatic rings. The molecule has 1 heterocycles. The third kappa shape index (κ3) is 3.63. The molecule has 1 aliphatic rings. The summed E-state index contributed by atoms with van der Waals surface area (Å²) in [5.74, 6) is 0.875. The van der Waals surface area contributed by atoms with Crippen LogP contribution >= 0.6 is 0 Å². The van der Waals surface area contributed by atoms with Gasteiger partial charge in [0.05, 0.1) is 6.07 Å². The second kappa shape index (κ2) is 5.62. The third-order valence-corrected chi connectivity index (χ3v) is 2.91. The van der Waals surface area contributed by atoms with Gasteiger partial charge in [0.15, 0.2) is 0 Å². The molecule has 3 heteroatoms. The Bertz CT molecular complexity index is 351. The zero-order valence-corrected chi connectivity index (χ0v) is 9.47. The van der Waals surface area contributed by atoms with Crippen molar-refractivity contribution in [1.29, 1.82) is 5.26 Å². The second-order valence-corrected chi connectivity index (χ2v) is 4.44. The molecule has 0 aliphatic heterocycles. The lowest BCUT2D eigenvalue weighted by Crippen LogP contribution is -2.26. The Morgan fingerprint density at radius 2 is 2.12 bits per heavy atom. The predicted octanol–water partition coefficient (Wildman–Crippen LogP) is 2.21. The number of nitriles is 1. The van der Waals surface area contributed by atoms with Gasteiger partial charge in [-0.05, 0) is 36.5 Å². The van der Waals surface area contributed by atoms with Crippen molar-refractivity contribution in [3.8, 4) is 6.07 Å². The lowest BCUT2D eigenvalue weighted by Gasteiger charge is -2.20. The topological polar surface area (TPSA) is 39.9 Å². The van der Waals surface area contributed by atoms with E-state index in [1.54, 1.807) is 0 Å². The molecule has 0 bridgehead atoms. The molecule has 84 valence electrons. The summed E-state index contributed by atoms with van der Waals surface area (Å²) < 4.78 is 0. The van der Waals surface area contributed by atoms with Crippen LogP contribution in [0.2, 0.25) is 0 Å². The lowest BCUT2D eigenvalue weighted by molar-refractivity contribution is 0.260. The Hall–Kier alpha value is -1.40. The van der Waals surface area contributed by atoms with Gasteiger partial charge in [-0.1, -0.05) is 0 Å². The molecule has 3 nitrogen and oxygen atoms in total. The zero-order chi connectivity index (χ0) is 11.2. The first-order valence-corrected chi connectivity index (χ1v) is 5.86. The molecule has 0 aromatic carbocycles. The van der Waals surface area contributed by atoms with Crippen molar-refractivity contribution in [3.63, 3.8) is 0 Å². The predicted molar refractivity (Wildman–Crippen MR) is 62.5 cm³/mol. The van der Waals surface area contributed by atoms with Crippen molar-refractivity contribution in [2.24, 2.45) is 5.92 Å². The highest BCUT2D eigenvalue weighted by Crippen LogP contribution is 2.30. The van der Waals surface area contributed by atoms with E-state index in [1.807, 2.05) is 24.5 Å². The zero-order valence-electron chi connectivity index (χ0n) is 9.47. The highest BCUT2D eigenvalue weighted by atomic mass is 15.1. The van der Waals surface area contributed by atoms with Crippen LogP contribution in [0.15, 0.2) is 24.5 Å². The minimum atomic E-state index is 0.623. The molecule has 0 unspecified atom stereocenters. The Morgan fingerprint density at radius 1 is 1.38 bits per heavy atom. The molecule has 1 aliphatic carbocycles. The quantitative estimate of drug-likeness (QED) is 0.730. The molecule has 0 radical (unpaired) electrons. The number of nitrogens with zero attached hydrogens (tertiary/aromatic N) is 3. The van der Waals surface area contributed by atoms with E-state index in [1.165, 1.54) is 18.4 Å². The number of hydrogen-bond donors (Lipinski definition) is 0. The standard InChI is InChI=1S/C13H17N3/c14-6-1-9-16(10-12-2-3-12)11-13-4-7-15-8-5-13/h4-5,7-8,12H,1-3,9-11H2. The summed E-state index contributed by atoms with van der Waals surface area (Å²) in [5, 5.41) is 8.64. The number of aromatic nitrogens is 1. The molecule has 0 N–H and O–H groups in total. The summed E-state index contributed by atoms with van der Waals surface area (Å²) in [5.41, 5.74) is 1.29. The van der Waals surface area contributed by atoms with Gasteiger partial charge in [0.25, 0.3) is 0 Å². The SMILES string of the molecule is N#CCCN(Cc1ccncc1)CC1CC1. The average molecular weight is 215 g/mol. The monoisotopic (exact) mass is 215 g/mol. The average Bonchev–Trinajstić information content (AvgIpc) is 3.11. The van der Waals surface area contributed by atoms with Crippen LogP contribution < -0.4 is 0 Å². The van der Waals surface area contributed by atoms with Gasteiger partial charge in [0.2, 0.25) is 0 Å². The smallest absolute Gasteiger partial charge is 0.0635 e. The normalized spacial score (nSPS) is 15.0. The van der Waals surface area contributed by atoms with Crippen molar-refractivity contribution < 1.29 is 0 Å². The largest absolute Gasteiger partial charge is 0.298 e. The van der Waals surface area contributed by atoms with E-state index >= 15 is 0 Å². The lowest BCUT2D eigenvalue weighted by atomic mass is 10.2. The Kier molecular flexibility index (Phi) is 3.90. The Labute approximate surface area is 96.7 Å². The molecule has 16 heavy (non-hydrogen) atoms. The van der Waals surface area contributed by atoms with E-state index in [2.05, 4.69) is 16.0 Å². The molecule has 1 fully saturated rings. The van der Waals surface area contributed by atoms with Gasteiger partial charge in [-0.25, -0.2) is 0 Å². The van der Waals surface area contributed by atoms with Crippen LogP contribution in [0.3, 0.4) is 0 Å². The van der Waals surface area contributed by atoms with Crippen LogP contribution in [-0.2, 0) is 6.54 Å². The van der Waals surface area contributed by atoms with Gasteiger partial charge in [-0.15, -0.1) is 0 Å². The van der Waals surface area contributed by atoms with Gasteiger partial charge in [-0.3, -0.25) is 9.88 Å². The number of rotatable bonds is 6. The Balaban J connectivity index is 1.87. The molecule has 1 aromatic heterocycles. The minimum absolute atomic E-state index is 0.623. The fraction of sp³-hybridized carbons (Fsp3) is 0.538. The van der Waals surface area contributed by atoms with Crippen LogP contribution in [0, 0.1) is 17.2 Å². The van der Waals surface area contributed by atoms with Crippen LogP contribution in [0.5, 0.6) is 0 Å². The highest BCUT2D eigenvalue weighted by molar-refractivity contribution is 5.09. The third-order valence-electron chi connectivity index (χ3n) is 2.91. The first kappa shape index (κ1) is 11.1. The summed E-state index contributed by atoms with van der Waals surface area (Å²) >= 11 is 0. The van der Waals surface area contributed by atoms with E-state index in [0.29, 0.717) is 6.42 Å². The maximum absolute atomic E-state index is 8.64. The van der Waals surface area contributed by atoms with Crippen molar-refractivity contribution in [3.05, 3.63) is 30.1 Å². The molecular weight excluding hydrogens is 198 g/mol. The summed E-state index contributed by atoms with van der Waals surface area (Å²) in [7, 11) is 0. The van der Waals surface area contributed by atoms with Crippen molar-refractivity contribution in [1.82, 2.24) is 9.88 Å². The molecule has 0 spiro atoms. The van der Waals surface area contributed by atoms with Crippen molar-refractivity contribution in [2.75, 3.05) is 13.1 Å². The Morgan fingerprint density at radius 3 is 2.75 bits per heavy atom. The van der Waals surface area contributed by atoms with E-state index in [-0.39, 0.29) is 0 Å². The van der Waals surface area contributed by atoms with E-state index < -0.39 is 0 Å². The first-order chi connectivity index (χ1) is 7.88. The van der Waals surface area contributed by atoms with E-state index in [0.717, 1.165) is 25.6 Å². The van der Waals surface area contributed by atoms with Crippen LogP contribution in [0.4, 0.5) is 0 Å². The van der Waals surface area contributed by atoms with Crippen molar-refractivity contribution >= 4 is 0 Å². The molecule has 0 amide bonds. The second-order valence-electron chi connectivity index (χ2n) is 4.44. The molecular formula is C13H17N3. The fourth-order valence-electron chi connectivity index (χ4n) is 1.85. The summed E-state index contributed by atoms with van der Waals surface area (Å²) in [4.78, 5) is 6.40. The summed E-state index contributed by atoms with van der Waals surface area (Å²) in [6.45, 7) is 2.97. The highest BCUT2D eigenvalue weighted by Gasteiger charge is 2.23. The molecule has 2 rings (SSSR count). The number of pyridine rings is 1. The molecule has 0 atom stereocenters. The van der Waals surface area contributed by atoms with Crippen LogP contribution in [0.1, 0.15) is 24.8 Å². The summed E-state index contributed by atoms with van der Waals surface area (Å²) in [6.07, 6.45) is 7.00.